The predicted molar refractivity (Wildman–Crippen MR) is 84.5 cm³/mol. The van der Waals surface area contributed by atoms with Crippen LogP contribution < -0.4 is 10.1 Å². The molecule has 2 atom stereocenters. The second-order valence-electron chi connectivity index (χ2n) is 5.65. The molecule has 0 aliphatic carbocycles. The van der Waals surface area contributed by atoms with Crippen LogP contribution in [0.15, 0.2) is 42.6 Å². The highest BCUT2D eigenvalue weighted by molar-refractivity contribution is 5.36. The van der Waals surface area contributed by atoms with Crippen LogP contribution in [0.3, 0.4) is 0 Å². The van der Waals surface area contributed by atoms with Gasteiger partial charge in [-0.3, -0.25) is 4.98 Å². The zero-order valence-electron chi connectivity index (χ0n) is 12.7. The zero-order chi connectivity index (χ0) is 14.7. The Labute approximate surface area is 126 Å². The first kappa shape index (κ1) is 14.1. The molecule has 0 saturated heterocycles. The van der Waals surface area contributed by atoms with E-state index < -0.39 is 0 Å². The van der Waals surface area contributed by atoms with Crippen LogP contribution in [0.1, 0.15) is 29.8 Å². The highest BCUT2D eigenvalue weighted by atomic mass is 16.5. The molecule has 3 nitrogen and oxygen atoms in total. The molecule has 21 heavy (non-hydrogen) atoms. The average Bonchev–Trinajstić information content (AvgIpc) is 2.53. The number of para-hydroxylation sites is 1. The summed E-state index contributed by atoms with van der Waals surface area (Å²) in [6.45, 7) is 5.86. The number of aromatic nitrogens is 1. The Balaban J connectivity index is 1.83. The highest BCUT2D eigenvalue weighted by Crippen LogP contribution is 2.33. The van der Waals surface area contributed by atoms with Crippen molar-refractivity contribution in [3.05, 3.63) is 59.4 Å². The SMILES string of the molecule is CCNC(c1ccc(C)nc1)C1COc2ccccc2C1. The maximum Gasteiger partial charge on any atom is 0.122 e. The van der Waals surface area contributed by atoms with E-state index in [2.05, 4.69) is 47.6 Å². The fraction of sp³-hybridized carbons (Fsp3) is 0.389. The lowest BCUT2D eigenvalue weighted by Crippen LogP contribution is -2.35. The van der Waals surface area contributed by atoms with Gasteiger partial charge in [0.25, 0.3) is 0 Å². The fourth-order valence-electron chi connectivity index (χ4n) is 3.01. The molecule has 0 amide bonds. The number of hydrogen-bond acceptors (Lipinski definition) is 3. The first-order valence-electron chi connectivity index (χ1n) is 7.64. The van der Waals surface area contributed by atoms with Gasteiger partial charge in [-0.1, -0.05) is 31.2 Å². The second-order valence-corrected chi connectivity index (χ2v) is 5.65. The number of ether oxygens (including phenoxy) is 1. The van der Waals surface area contributed by atoms with Gasteiger partial charge < -0.3 is 10.1 Å². The summed E-state index contributed by atoms with van der Waals surface area (Å²) >= 11 is 0. The maximum absolute atomic E-state index is 5.95. The number of rotatable bonds is 4. The summed E-state index contributed by atoms with van der Waals surface area (Å²) in [5.41, 5.74) is 3.60. The van der Waals surface area contributed by atoms with E-state index in [-0.39, 0.29) is 6.04 Å². The smallest absolute Gasteiger partial charge is 0.122 e. The summed E-state index contributed by atoms with van der Waals surface area (Å²) < 4.78 is 5.95. The standard InChI is InChI=1S/C18H22N2O/c1-3-19-18(15-9-8-13(2)20-11-15)16-10-14-6-4-5-7-17(14)21-12-16/h4-9,11,16,18-19H,3,10,12H2,1-2H3. The molecule has 110 valence electrons. The van der Waals surface area contributed by atoms with Crippen molar-refractivity contribution in [3.8, 4) is 5.75 Å². The Kier molecular flexibility index (Phi) is 4.20. The van der Waals surface area contributed by atoms with Crippen molar-refractivity contribution < 1.29 is 4.74 Å². The van der Waals surface area contributed by atoms with Crippen LogP contribution in [-0.2, 0) is 6.42 Å². The van der Waals surface area contributed by atoms with Gasteiger partial charge in [-0.15, -0.1) is 0 Å². The Morgan fingerprint density at radius 1 is 1.29 bits per heavy atom. The molecule has 1 aliphatic heterocycles. The first-order chi connectivity index (χ1) is 10.3. The van der Waals surface area contributed by atoms with E-state index >= 15 is 0 Å². The summed E-state index contributed by atoms with van der Waals surface area (Å²) in [6.07, 6.45) is 3.03. The predicted octanol–water partition coefficient (Wildman–Crippen LogP) is 3.29. The van der Waals surface area contributed by atoms with Crippen LogP contribution in [-0.4, -0.2) is 18.1 Å². The summed E-state index contributed by atoms with van der Waals surface area (Å²) in [7, 11) is 0. The molecule has 0 fully saturated rings. The molecule has 0 spiro atoms. The molecule has 1 N–H and O–H groups in total. The highest BCUT2D eigenvalue weighted by Gasteiger charge is 2.28. The number of fused-ring (bicyclic) bond motifs is 1. The average molecular weight is 282 g/mol. The van der Waals surface area contributed by atoms with E-state index in [0.29, 0.717) is 5.92 Å². The molecule has 0 radical (unpaired) electrons. The lowest BCUT2D eigenvalue weighted by atomic mass is 9.87. The summed E-state index contributed by atoms with van der Waals surface area (Å²) in [5.74, 6) is 1.47. The van der Waals surface area contributed by atoms with Crippen LogP contribution in [0.5, 0.6) is 5.75 Å². The van der Waals surface area contributed by atoms with Gasteiger partial charge in [0.15, 0.2) is 0 Å². The Morgan fingerprint density at radius 3 is 2.90 bits per heavy atom. The largest absolute Gasteiger partial charge is 0.493 e. The molecule has 0 bridgehead atoms. The van der Waals surface area contributed by atoms with Gasteiger partial charge >= 0.3 is 0 Å². The van der Waals surface area contributed by atoms with Gasteiger partial charge in [-0.05, 0) is 43.1 Å². The lowest BCUT2D eigenvalue weighted by molar-refractivity contribution is 0.185. The van der Waals surface area contributed by atoms with Crippen molar-refractivity contribution >= 4 is 0 Å². The number of nitrogens with one attached hydrogen (secondary N) is 1. The Hall–Kier alpha value is -1.87. The molecule has 2 heterocycles. The molecular formula is C18H22N2O. The minimum absolute atomic E-state index is 0.288. The van der Waals surface area contributed by atoms with Gasteiger partial charge in [0.05, 0.1) is 6.61 Å². The molecule has 1 aromatic carbocycles. The van der Waals surface area contributed by atoms with Crippen molar-refractivity contribution in [1.82, 2.24) is 10.3 Å². The quantitative estimate of drug-likeness (QED) is 0.934. The Morgan fingerprint density at radius 2 is 2.14 bits per heavy atom. The monoisotopic (exact) mass is 282 g/mol. The van der Waals surface area contributed by atoms with E-state index in [1.807, 2.05) is 19.2 Å². The van der Waals surface area contributed by atoms with Crippen molar-refractivity contribution in [2.24, 2.45) is 5.92 Å². The van der Waals surface area contributed by atoms with E-state index in [4.69, 9.17) is 4.74 Å². The second kappa shape index (κ2) is 6.27. The third-order valence-electron chi connectivity index (χ3n) is 4.10. The number of aryl methyl sites for hydroxylation is 1. The number of hydrogen-bond donors (Lipinski definition) is 1. The number of benzene rings is 1. The minimum Gasteiger partial charge on any atom is -0.493 e. The molecule has 3 rings (SSSR count). The van der Waals surface area contributed by atoms with Crippen molar-refractivity contribution in [2.75, 3.05) is 13.2 Å². The van der Waals surface area contributed by atoms with Crippen LogP contribution in [0, 0.1) is 12.8 Å². The Bertz CT molecular complexity index is 594. The molecule has 2 unspecified atom stereocenters. The number of pyridine rings is 1. The molecule has 0 saturated carbocycles. The van der Waals surface area contributed by atoms with E-state index in [1.54, 1.807) is 0 Å². The van der Waals surface area contributed by atoms with Crippen molar-refractivity contribution in [1.29, 1.82) is 0 Å². The van der Waals surface area contributed by atoms with Gasteiger partial charge in [0, 0.05) is 23.9 Å². The van der Waals surface area contributed by atoms with Gasteiger partial charge in [-0.25, -0.2) is 0 Å². The van der Waals surface area contributed by atoms with Crippen molar-refractivity contribution in [3.63, 3.8) is 0 Å². The van der Waals surface area contributed by atoms with Gasteiger partial charge in [0.2, 0.25) is 0 Å². The topological polar surface area (TPSA) is 34.2 Å². The van der Waals surface area contributed by atoms with Crippen LogP contribution in [0.2, 0.25) is 0 Å². The fourth-order valence-corrected chi connectivity index (χ4v) is 3.01. The molecule has 1 aliphatic rings. The van der Waals surface area contributed by atoms with E-state index in [1.165, 1.54) is 11.1 Å². The third-order valence-corrected chi connectivity index (χ3v) is 4.10. The van der Waals surface area contributed by atoms with Crippen molar-refractivity contribution in [2.45, 2.75) is 26.3 Å². The minimum atomic E-state index is 0.288. The third kappa shape index (κ3) is 3.08. The normalized spacial score (nSPS) is 18.7. The molecule has 3 heteroatoms. The van der Waals surface area contributed by atoms with Gasteiger partial charge in [-0.2, -0.15) is 0 Å². The van der Waals surface area contributed by atoms with Gasteiger partial charge in [0.1, 0.15) is 5.75 Å². The molecule has 1 aromatic heterocycles. The summed E-state index contributed by atoms with van der Waals surface area (Å²) in [5, 5.41) is 3.60. The molecule has 2 aromatic rings. The summed E-state index contributed by atoms with van der Waals surface area (Å²) in [4.78, 5) is 4.44. The van der Waals surface area contributed by atoms with E-state index in [9.17, 15) is 0 Å². The van der Waals surface area contributed by atoms with Crippen LogP contribution >= 0.6 is 0 Å². The van der Waals surface area contributed by atoms with Crippen LogP contribution in [0.4, 0.5) is 0 Å². The maximum atomic E-state index is 5.95. The first-order valence-corrected chi connectivity index (χ1v) is 7.64. The summed E-state index contributed by atoms with van der Waals surface area (Å²) in [6, 6.07) is 12.9. The molecular weight excluding hydrogens is 260 g/mol. The number of nitrogens with zero attached hydrogens (tertiary/aromatic N) is 1. The zero-order valence-corrected chi connectivity index (χ0v) is 12.7. The van der Waals surface area contributed by atoms with Crippen LogP contribution in [0.25, 0.3) is 0 Å². The van der Waals surface area contributed by atoms with E-state index in [0.717, 1.165) is 31.0 Å². The lowest BCUT2D eigenvalue weighted by Gasteiger charge is -2.32.